The lowest BCUT2D eigenvalue weighted by Gasteiger charge is -2.16. The number of rotatable bonds is 9. The van der Waals surface area contributed by atoms with Crippen LogP contribution in [0.15, 0.2) is 17.5 Å². The lowest BCUT2D eigenvalue weighted by Crippen LogP contribution is -2.35. The number of carbonyl (C=O) groups excluding carboxylic acids is 2. The standard InChI is InChI=1S/C14H23N3O2S.ClH/c1-3-6-15-7-8-16-14(19)10-12(17-11(2)18)13-5-4-9-20-13;/h4-5,9,12,15H,3,6-8,10H2,1-2H3,(H,16,19)(H,17,18);1H. The van der Waals surface area contributed by atoms with Crippen LogP contribution in [0.4, 0.5) is 0 Å². The van der Waals surface area contributed by atoms with Crippen LogP contribution < -0.4 is 16.0 Å². The van der Waals surface area contributed by atoms with Crippen LogP contribution in [-0.2, 0) is 9.59 Å². The number of nitrogens with one attached hydrogen (secondary N) is 3. The topological polar surface area (TPSA) is 70.2 Å². The first kappa shape index (κ1) is 19.9. The van der Waals surface area contributed by atoms with Gasteiger partial charge in [0.15, 0.2) is 0 Å². The van der Waals surface area contributed by atoms with Gasteiger partial charge in [0.2, 0.25) is 11.8 Å². The third-order valence-electron chi connectivity index (χ3n) is 2.70. The highest BCUT2D eigenvalue weighted by molar-refractivity contribution is 7.10. The number of amides is 2. The van der Waals surface area contributed by atoms with Gasteiger partial charge in [0.05, 0.1) is 12.5 Å². The number of hydrogen-bond donors (Lipinski definition) is 3. The van der Waals surface area contributed by atoms with Crippen LogP contribution in [0.5, 0.6) is 0 Å². The van der Waals surface area contributed by atoms with E-state index >= 15 is 0 Å². The molecule has 2 amide bonds. The molecule has 0 saturated carbocycles. The second-order valence-corrected chi connectivity index (χ2v) is 5.55. The van der Waals surface area contributed by atoms with Crippen LogP contribution in [0.25, 0.3) is 0 Å². The fourth-order valence-electron chi connectivity index (χ4n) is 1.81. The lowest BCUT2D eigenvalue weighted by atomic mass is 10.1. The van der Waals surface area contributed by atoms with Gasteiger partial charge in [-0.15, -0.1) is 23.7 Å². The summed E-state index contributed by atoms with van der Waals surface area (Å²) >= 11 is 1.54. The van der Waals surface area contributed by atoms with Gasteiger partial charge in [-0.25, -0.2) is 0 Å². The van der Waals surface area contributed by atoms with Gasteiger partial charge in [0, 0.05) is 24.9 Å². The molecule has 120 valence electrons. The van der Waals surface area contributed by atoms with Gasteiger partial charge in [0.25, 0.3) is 0 Å². The second kappa shape index (κ2) is 11.5. The molecule has 1 atom stereocenters. The molecule has 1 aromatic heterocycles. The van der Waals surface area contributed by atoms with Crippen LogP contribution in [0.3, 0.4) is 0 Å². The van der Waals surface area contributed by atoms with Crippen LogP contribution in [0, 0.1) is 0 Å². The summed E-state index contributed by atoms with van der Waals surface area (Å²) in [5, 5.41) is 10.8. The smallest absolute Gasteiger partial charge is 0.222 e. The van der Waals surface area contributed by atoms with Crippen molar-refractivity contribution >= 4 is 35.6 Å². The Morgan fingerprint density at radius 2 is 2.05 bits per heavy atom. The predicted octanol–water partition coefficient (Wildman–Crippen LogP) is 1.85. The van der Waals surface area contributed by atoms with E-state index < -0.39 is 0 Å². The Labute approximate surface area is 136 Å². The van der Waals surface area contributed by atoms with Gasteiger partial charge in [0.1, 0.15) is 0 Å². The maximum atomic E-state index is 11.9. The van der Waals surface area contributed by atoms with E-state index in [9.17, 15) is 9.59 Å². The normalized spacial score (nSPS) is 11.3. The maximum absolute atomic E-state index is 11.9. The zero-order valence-corrected chi connectivity index (χ0v) is 14.1. The molecule has 0 aliphatic rings. The molecule has 0 radical (unpaired) electrons. The number of thiophene rings is 1. The van der Waals surface area contributed by atoms with E-state index in [4.69, 9.17) is 0 Å². The largest absolute Gasteiger partial charge is 0.355 e. The van der Waals surface area contributed by atoms with Gasteiger partial charge in [-0.1, -0.05) is 13.0 Å². The summed E-state index contributed by atoms with van der Waals surface area (Å²) in [7, 11) is 0. The lowest BCUT2D eigenvalue weighted by molar-refractivity contribution is -0.122. The van der Waals surface area contributed by atoms with Gasteiger partial charge in [-0.2, -0.15) is 0 Å². The van der Waals surface area contributed by atoms with Crippen molar-refractivity contribution in [2.45, 2.75) is 32.7 Å². The molecular formula is C14H24ClN3O2S. The van der Waals surface area contributed by atoms with Crippen molar-refractivity contribution in [3.05, 3.63) is 22.4 Å². The molecule has 1 rings (SSSR count). The van der Waals surface area contributed by atoms with Crippen molar-refractivity contribution < 1.29 is 9.59 Å². The predicted molar refractivity (Wildman–Crippen MR) is 88.9 cm³/mol. The minimum absolute atomic E-state index is 0. The Balaban J connectivity index is 0.00000400. The number of halogens is 1. The Kier molecular flexibility index (Phi) is 10.9. The molecule has 0 aliphatic carbocycles. The number of hydrogen-bond acceptors (Lipinski definition) is 4. The summed E-state index contributed by atoms with van der Waals surface area (Å²) in [6.45, 7) is 5.90. The Bertz CT molecular complexity index is 412. The van der Waals surface area contributed by atoms with Crippen LogP contribution in [0.1, 0.15) is 37.6 Å². The van der Waals surface area contributed by atoms with Crippen molar-refractivity contribution in [2.24, 2.45) is 0 Å². The Morgan fingerprint density at radius 1 is 1.29 bits per heavy atom. The first-order chi connectivity index (χ1) is 9.63. The van der Waals surface area contributed by atoms with E-state index in [1.165, 1.54) is 6.92 Å². The fraction of sp³-hybridized carbons (Fsp3) is 0.571. The first-order valence-corrected chi connectivity index (χ1v) is 7.79. The molecule has 0 fully saturated rings. The summed E-state index contributed by atoms with van der Waals surface area (Å²) in [4.78, 5) is 24.1. The van der Waals surface area contributed by atoms with Crippen molar-refractivity contribution in [3.8, 4) is 0 Å². The molecular weight excluding hydrogens is 310 g/mol. The third-order valence-corrected chi connectivity index (χ3v) is 3.69. The summed E-state index contributed by atoms with van der Waals surface area (Å²) < 4.78 is 0. The van der Waals surface area contributed by atoms with Crippen molar-refractivity contribution in [2.75, 3.05) is 19.6 Å². The fourth-order valence-corrected chi connectivity index (χ4v) is 2.59. The highest BCUT2D eigenvalue weighted by Gasteiger charge is 2.17. The molecule has 1 unspecified atom stereocenters. The zero-order valence-electron chi connectivity index (χ0n) is 12.5. The van der Waals surface area contributed by atoms with Crippen LogP contribution in [-0.4, -0.2) is 31.4 Å². The van der Waals surface area contributed by atoms with Crippen molar-refractivity contribution in [3.63, 3.8) is 0 Å². The van der Waals surface area contributed by atoms with Crippen LogP contribution >= 0.6 is 23.7 Å². The van der Waals surface area contributed by atoms with E-state index in [1.807, 2.05) is 17.5 Å². The molecule has 5 nitrogen and oxygen atoms in total. The minimum Gasteiger partial charge on any atom is -0.355 e. The molecule has 21 heavy (non-hydrogen) atoms. The molecule has 0 aromatic carbocycles. The van der Waals surface area contributed by atoms with E-state index in [-0.39, 0.29) is 36.7 Å². The van der Waals surface area contributed by atoms with E-state index in [0.29, 0.717) is 6.54 Å². The molecule has 0 saturated heterocycles. The molecule has 3 N–H and O–H groups in total. The third kappa shape index (κ3) is 8.70. The molecule has 0 spiro atoms. The maximum Gasteiger partial charge on any atom is 0.222 e. The molecule has 1 aromatic rings. The van der Waals surface area contributed by atoms with Gasteiger partial charge in [-0.3, -0.25) is 9.59 Å². The SMILES string of the molecule is CCCNCCNC(=O)CC(NC(C)=O)c1cccs1.Cl. The second-order valence-electron chi connectivity index (χ2n) is 4.57. The molecule has 7 heteroatoms. The molecule has 0 bridgehead atoms. The number of carbonyl (C=O) groups is 2. The zero-order chi connectivity index (χ0) is 14.8. The summed E-state index contributed by atoms with van der Waals surface area (Å²) in [5.74, 6) is -0.170. The summed E-state index contributed by atoms with van der Waals surface area (Å²) in [5.41, 5.74) is 0. The summed E-state index contributed by atoms with van der Waals surface area (Å²) in [6, 6.07) is 3.61. The Hall–Kier alpha value is -1.11. The van der Waals surface area contributed by atoms with Crippen molar-refractivity contribution in [1.82, 2.24) is 16.0 Å². The highest BCUT2D eigenvalue weighted by Crippen LogP contribution is 2.21. The quantitative estimate of drug-likeness (QED) is 0.604. The molecule has 1 heterocycles. The van der Waals surface area contributed by atoms with Gasteiger partial charge in [-0.05, 0) is 24.4 Å². The van der Waals surface area contributed by atoms with E-state index in [1.54, 1.807) is 11.3 Å². The van der Waals surface area contributed by atoms with Gasteiger partial charge >= 0.3 is 0 Å². The average Bonchev–Trinajstić information content (AvgIpc) is 2.91. The minimum atomic E-state index is -0.240. The van der Waals surface area contributed by atoms with E-state index in [2.05, 4.69) is 22.9 Å². The first-order valence-electron chi connectivity index (χ1n) is 6.91. The summed E-state index contributed by atoms with van der Waals surface area (Å²) in [6.07, 6.45) is 1.35. The molecule has 0 aliphatic heterocycles. The van der Waals surface area contributed by atoms with Gasteiger partial charge < -0.3 is 16.0 Å². The van der Waals surface area contributed by atoms with Crippen molar-refractivity contribution in [1.29, 1.82) is 0 Å². The highest BCUT2D eigenvalue weighted by atomic mass is 35.5. The average molecular weight is 334 g/mol. The van der Waals surface area contributed by atoms with E-state index in [0.717, 1.165) is 24.4 Å². The van der Waals surface area contributed by atoms with Crippen LogP contribution in [0.2, 0.25) is 0 Å². The Morgan fingerprint density at radius 3 is 2.62 bits per heavy atom. The monoisotopic (exact) mass is 333 g/mol.